The monoisotopic (exact) mass is 259 g/mol. The van der Waals surface area contributed by atoms with Gasteiger partial charge < -0.3 is 10.4 Å². The van der Waals surface area contributed by atoms with Crippen molar-refractivity contribution in [3.05, 3.63) is 0 Å². The zero-order valence-corrected chi connectivity index (χ0v) is 13.0. The maximum Gasteiger partial charge on any atom is 0.303 e. The third kappa shape index (κ3) is 24.6. The van der Waals surface area contributed by atoms with Gasteiger partial charge in [-0.1, -0.05) is 66.7 Å². The highest BCUT2D eigenvalue weighted by Gasteiger charge is 1.95. The molecule has 0 aromatic heterocycles. The molecular formula is C15H33NO2. The highest BCUT2D eigenvalue weighted by molar-refractivity contribution is 5.66. The largest absolute Gasteiger partial charge is 0.481 e. The summed E-state index contributed by atoms with van der Waals surface area (Å²) in [5.74, 6) is -0.666. The molecule has 3 nitrogen and oxygen atoms in total. The van der Waals surface area contributed by atoms with Crippen molar-refractivity contribution < 1.29 is 9.90 Å². The molecule has 0 aromatic carbocycles. The summed E-state index contributed by atoms with van der Waals surface area (Å²) < 4.78 is 0. The minimum absolute atomic E-state index is 0.339. The number of aliphatic carboxylic acids is 1. The molecule has 0 radical (unpaired) electrons. The molecule has 2 N–H and O–H groups in total. The van der Waals surface area contributed by atoms with Gasteiger partial charge in [0.25, 0.3) is 0 Å². The van der Waals surface area contributed by atoms with Gasteiger partial charge in [0.1, 0.15) is 0 Å². The molecule has 0 aliphatic rings. The maximum absolute atomic E-state index is 10.1. The molecule has 0 rings (SSSR count). The fraction of sp³-hybridized carbons (Fsp3) is 0.933. The molecule has 0 aliphatic heterocycles. The fourth-order valence-corrected chi connectivity index (χ4v) is 1.72. The summed E-state index contributed by atoms with van der Waals surface area (Å²) in [6, 6.07) is 1.25. The lowest BCUT2D eigenvalue weighted by Gasteiger charge is -2.10. The van der Waals surface area contributed by atoms with Crippen LogP contribution in [-0.2, 0) is 4.79 Å². The molecule has 110 valence electrons. The van der Waals surface area contributed by atoms with Gasteiger partial charge in [-0.25, -0.2) is 0 Å². The van der Waals surface area contributed by atoms with Crippen LogP contribution in [0.5, 0.6) is 0 Å². The first kappa shape index (κ1) is 19.8. The summed E-state index contributed by atoms with van der Waals surface area (Å²) >= 11 is 0. The topological polar surface area (TPSA) is 49.3 Å². The van der Waals surface area contributed by atoms with Gasteiger partial charge in [-0.05, 0) is 6.42 Å². The normalized spacial score (nSPS) is 10.4. The van der Waals surface area contributed by atoms with Crippen molar-refractivity contribution in [2.24, 2.45) is 0 Å². The molecule has 0 bridgehead atoms. The van der Waals surface area contributed by atoms with Crippen LogP contribution in [0.25, 0.3) is 0 Å². The molecule has 0 saturated heterocycles. The van der Waals surface area contributed by atoms with Crippen LogP contribution in [0, 0.1) is 0 Å². The van der Waals surface area contributed by atoms with Gasteiger partial charge in [0.2, 0.25) is 0 Å². The lowest BCUT2D eigenvalue weighted by molar-refractivity contribution is -0.137. The highest BCUT2D eigenvalue weighted by atomic mass is 16.4. The van der Waals surface area contributed by atoms with Gasteiger partial charge in [-0.3, -0.25) is 4.79 Å². The van der Waals surface area contributed by atoms with E-state index in [2.05, 4.69) is 39.9 Å². The van der Waals surface area contributed by atoms with Crippen LogP contribution in [0.1, 0.15) is 79.6 Å². The Hall–Kier alpha value is -0.570. The first-order valence-corrected chi connectivity index (χ1v) is 7.38. The van der Waals surface area contributed by atoms with Gasteiger partial charge in [0.05, 0.1) is 0 Å². The van der Waals surface area contributed by atoms with Gasteiger partial charge in [0.15, 0.2) is 0 Å². The summed E-state index contributed by atoms with van der Waals surface area (Å²) in [6.07, 6.45) is 7.25. The summed E-state index contributed by atoms with van der Waals surface area (Å²) in [4.78, 5) is 10.1. The van der Waals surface area contributed by atoms with Crippen LogP contribution in [0.2, 0.25) is 0 Å². The molecule has 0 fully saturated rings. The molecule has 0 spiro atoms. The Balaban J connectivity index is 0. The molecule has 0 atom stereocenters. The van der Waals surface area contributed by atoms with Crippen molar-refractivity contribution in [1.29, 1.82) is 0 Å². The first-order valence-electron chi connectivity index (χ1n) is 7.38. The van der Waals surface area contributed by atoms with Crippen molar-refractivity contribution in [3.8, 4) is 0 Å². The standard InChI is InChI=1S/C9H18O2.C6H15N/c1-2-3-4-5-6-7-8-9(10)11;1-5(2)7-6(3)4/h2-8H2,1H3,(H,10,11);5-7H,1-4H3. The van der Waals surface area contributed by atoms with Gasteiger partial charge in [-0.15, -0.1) is 0 Å². The van der Waals surface area contributed by atoms with E-state index >= 15 is 0 Å². The summed E-state index contributed by atoms with van der Waals surface area (Å²) in [7, 11) is 0. The quantitative estimate of drug-likeness (QED) is 0.610. The Labute approximate surface area is 113 Å². The van der Waals surface area contributed by atoms with E-state index in [0.29, 0.717) is 18.5 Å². The molecule has 0 amide bonds. The Bertz CT molecular complexity index is 173. The predicted molar refractivity (Wildman–Crippen MR) is 79.0 cm³/mol. The van der Waals surface area contributed by atoms with Gasteiger partial charge in [-0.2, -0.15) is 0 Å². The van der Waals surface area contributed by atoms with Crippen LogP contribution >= 0.6 is 0 Å². The van der Waals surface area contributed by atoms with Crippen molar-refractivity contribution in [1.82, 2.24) is 5.32 Å². The smallest absolute Gasteiger partial charge is 0.303 e. The lowest BCUT2D eigenvalue weighted by Crippen LogP contribution is -2.29. The summed E-state index contributed by atoms with van der Waals surface area (Å²) in [6.45, 7) is 10.8. The molecule has 0 saturated carbocycles. The lowest BCUT2D eigenvalue weighted by atomic mass is 10.1. The molecule has 18 heavy (non-hydrogen) atoms. The number of carboxylic acids is 1. The second-order valence-corrected chi connectivity index (χ2v) is 5.39. The molecule has 0 aliphatic carbocycles. The van der Waals surface area contributed by atoms with Crippen LogP contribution in [0.4, 0.5) is 0 Å². The number of hydrogen-bond donors (Lipinski definition) is 2. The van der Waals surface area contributed by atoms with Crippen LogP contribution < -0.4 is 5.32 Å². The second-order valence-electron chi connectivity index (χ2n) is 5.39. The van der Waals surface area contributed by atoms with Gasteiger partial charge >= 0.3 is 5.97 Å². The molecule has 0 heterocycles. The fourth-order valence-electron chi connectivity index (χ4n) is 1.72. The summed E-state index contributed by atoms with van der Waals surface area (Å²) in [5.41, 5.74) is 0. The van der Waals surface area contributed by atoms with E-state index in [4.69, 9.17) is 5.11 Å². The van der Waals surface area contributed by atoms with Crippen molar-refractivity contribution in [3.63, 3.8) is 0 Å². The van der Waals surface area contributed by atoms with Gasteiger partial charge in [0, 0.05) is 18.5 Å². The maximum atomic E-state index is 10.1. The number of carbonyl (C=O) groups is 1. The minimum atomic E-state index is -0.666. The number of nitrogens with one attached hydrogen (secondary N) is 1. The Morgan fingerprint density at radius 1 is 0.944 bits per heavy atom. The van der Waals surface area contributed by atoms with E-state index < -0.39 is 5.97 Å². The first-order chi connectivity index (χ1) is 8.40. The van der Waals surface area contributed by atoms with Crippen LogP contribution in [-0.4, -0.2) is 23.2 Å². The minimum Gasteiger partial charge on any atom is -0.481 e. The highest BCUT2D eigenvalue weighted by Crippen LogP contribution is 2.06. The number of hydrogen-bond acceptors (Lipinski definition) is 2. The Morgan fingerprint density at radius 3 is 1.72 bits per heavy atom. The zero-order chi connectivity index (χ0) is 14.4. The van der Waals surface area contributed by atoms with Crippen molar-refractivity contribution in [2.45, 2.75) is 91.6 Å². The zero-order valence-electron chi connectivity index (χ0n) is 13.0. The number of carboxylic acid groups (broad SMARTS) is 1. The average molecular weight is 259 g/mol. The van der Waals surface area contributed by atoms with Crippen molar-refractivity contribution in [2.75, 3.05) is 0 Å². The van der Waals surface area contributed by atoms with E-state index in [1.54, 1.807) is 0 Å². The van der Waals surface area contributed by atoms with E-state index in [1.165, 1.54) is 25.7 Å². The summed E-state index contributed by atoms with van der Waals surface area (Å²) in [5, 5.41) is 11.6. The molecule has 0 aromatic rings. The SMILES string of the molecule is CC(C)NC(C)C.CCCCCCCCC(=O)O. The van der Waals surface area contributed by atoms with Crippen LogP contribution in [0.15, 0.2) is 0 Å². The van der Waals surface area contributed by atoms with E-state index in [9.17, 15) is 4.79 Å². The van der Waals surface area contributed by atoms with E-state index in [-0.39, 0.29) is 0 Å². The number of unbranched alkanes of at least 4 members (excludes halogenated alkanes) is 5. The predicted octanol–water partition coefficient (Wildman–Crippen LogP) is 4.21. The number of rotatable bonds is 9. The third-order valence-electron chi connectivity index (χ3n) is 2.41. The second kappa shape index (κ2) is 14.5. The third-order valence-corrected chi connectivity index (χ3v) is 2.41. The molecule has 0 unspecified atom stereocenters. The van der Waals surface area contributed by atoms with Crippen LogP contribution in [0.3, 0.4) is 0 Å². The average Bonchev–Trinajstić information content (AvgIpc) is 2.21. The molecule has 3 heteroatoms. The van der Waals surface area contributed by atoms with Crippen molar-refractivity contribution >= 4 is 5.97 Å². The van der Waals surface area contributed by atoms with E-state index in [0.717, 1.165) is 12.8 Å². The van der Waals surface area contributed by atoms with E-state index in [1.807, 2.05) is 0 Å². The Kier molecular flexibility index (Phi) is 15.9. The molecular weight excluding hydrogens is 226 g/mol. The Morgan fingerprint density at radius 2 is 1.39 bits per heavy atom.